The van der Waals surface area contributed by atoms with Crippen molar-refractivity contribution in [2.45, 2.75) is 5.41 Å². The van der Waals surface area contributed by atoms with E-state index in [4.69, 9.17) is 15.0 Å². The number of pyridine rings is 1. The molecule has 12 aromatic rings. The Hall–Kier alpha value is -8.79. The van der Waals surface area contributed by atoms with Crippen LogP contribution in [0.1, 0.15) is 22.3 Å². The van der Waals surface area contributed by atoms with Gasteiger partial charge in [0.1, 0.15) is 0 Å². The Morgan fingerprint density at radius 1 is 0.284 bits per heavy atom. The van der Waals surface area contributed by atoms with Crippen LogP contribution < -0.4 is 0 Å². The van der Waals surface area contributed by atoms with Crippen molar-refractivity contribution in [2.75, 3.05) is 0 Å². The Kier molecular flexibility index (Phi) is 9.07. The maximum atomic E-state index is 5.46. The minimum atomic E-state index is -0.493. The maximum absolute atomic E-state index is 5.46. The van der Waals surface area contributed by atoms with Crippen molar-refractivity contribution >= 4 is 32.6 Å². The van der Waals surface area contributed by atoms with E-state index in [-0.39, 0.29) is 0 Å². The molecule has 0 radical (unpaired) electrons. The van der Waals surface area contributed by atoms with Crippen LogP contribution in [0.25, 0.3) is 99.9 Å². The highest BCUT2D eigenvalue weighted by molar-refractivity contribution is 6.19. The van der Waals surface area contributed by atoms with Crippen molar-refractivity contribution in [3.8, 4) is 67.3 Å². The predicted molar refractivity (Wildman–Crippen MR) is 277 cm³/mol. The van der Waals surface area contributed by atoms with Crippen LogP contribution in [0, 0.1) is 0 Å². The van der Waals surface area contributed by atoms with Crippen molar-refractivity contribution in [1.82, 2.24) is 15.0 Å². The Bertz CT molecular complexity index is 3790. The molecule has 0 unspecified atom stereocenters. The molecule has 3 heteroatoms. The number of para-hydroxylation sites is 2. The van der Waals surface area contributed by atoms with E-state index < -0.39 is 5.41 Å². The van der Waals surface area contributed by atoms with Gasteiger partial charge in [-0.1, -0.05) is 231 Å². The fraction of sp³-hybridized carbons (Fsp3) is 0.0156. The molecule has 0 fully saturated rings. The Morgan fingerprint density at radius 2 is 0.791 bits per heavy atom. The van der Waals surface area contributed by atoms with Crippen molar-refractivity contribution in [2.24, 2.45) is 0 Å². The molecule has 0 aliphatic heterocycles. The summed E-state index contributed by atoms with van der Waals surface area (Å²) < 4.78 is 0. The van der Waals surface area contributed by atoms with Gasteiger partial charge in [-0.25, -0.2) is 15.0 Å². The molecule has 67 heavy (non-hydrogen) atoms. The van der Waals surface area contributed by atoms with E-state index in [1.807, 2.05) is 12.1 Å². The first-order valence-electron chi connectivity index (χ1n) is 22.9. The first-order chi connectivity index (χ1) is 33.2. The van der Waals surface area contributed by atoms with Gasteiger partial charge in [-0.15, -0.1) is 0 Å². The summed E-state index contributed by atoms with van der Waals surface area (Å²) in [7, 11) is 0. The van der Waals surface area contributed by atoms with Crippen LogP contribution in [0.15, 0.2) is 249 Å². The topological polar surface area (TPSA) is 38.7 Å². The number of rotatable bonds is 7. The monoisotopic (exact) mass is 851 g/mol. The molecule has 0 N–H and O–H groups in total. The maximum Gasteiger partial charge on any atom is 0.160 e. The van der Waals surface area contributed by atoms with Crippen molar-refractivity contribution < 1.29 is 0 Å². The molecule has 0 saturated heterocycles. The molecule has 0 amide bonds. The van der Waals surface area contributed by atoms with Gasteiger partial charge in [-0.05, 0) is 73.8 Å². The average molecular weight is 852 g/mol. The third-order valence-electron chi connectivity index (χ3n) is 13.8. The lowest BCUT2D eigenvalue weighted by Crippen LogP contribution is -2.28. The van der Waals surface area contributed by atoms with Crippen LogP contribution >= 0.6 is 0 Å². The molecular formula is C64H41N3. The standard InChI is InChI=1S/C64H41N3/c1-4-17-42(18-5-1)43-31-35-45(36-32-43)61-53-27-12-15-30-58(53)66-63(67-61)46-37-33-44(34-38-46)47-19-16-20-48(41-47)62-54-39-40-56-60(59(54)52-26-11-14-29-57(52)65-62)51-25-10-13-28-55(51)64(56,49-21-6-2-7-22-49)50-23-8-3-9-24-50/h1-41H. The van der Waals surface area contributed by atoms with Crippen LogP contribution in [0.2, 0.25) is 0 Å². The van der Waals surface area contributed by atoms with Gasteiger partial charge >= 0.3 is 0 Å². The zero-order chi connectivity index (χ0) is 44.3. The van der Waals surface area contributed by atoms with E-state index in [2.05, 4.69) is 237 Å². The largest absolute Gasteiger partial charge is 0.247 e. The molecule has 2 aromatic heterocycles. The third-order valence-corrected chi connectivity index (χ3v) is 13.8. The first-order valence-corrected chi connectivity index (χ1v) is 22.9. The highest BCUT2D eigenvalue weighted by atomic mass is 14.9. The van der Waals surface area contributed by atoms with E-state index in [9.17, 15) is 0 Å². The van der Waals surface area contributed by atoms with Crippen molar-refractivity contribution in [3.63, 3.8) is 0 Å². The summed E-state index contributed by atoms with van der Waals surface area (Å²) in [6.45, 7) is 0. The molecule has 1 aliphatic carbocycles. The van der Waals surface area contributed by atoms with Gasteiger partial charge in [-0.3, -0.25) is 0 Å². The minimum Gasteiger partial charge on any atom is -0.247 e. The number of nitrogens with zero attached hydrogens (tertiary/aromatic N) is 3. The highest BCUT2D eigenvalue weighted by Gasteiger charge is 2.46. The van der Waals surface area contributed by atoms with Crippen LogP contribution in [0.3, 0.4) is 0 Å². The number of hydrogen-bond donors (Lipinski definition) is 0. The summed E-state index contributed by atoms with van der Waals surface area (Å²) in [6.07, 6.45) is 0. The molecule has 0 spiro atoms. The quantitative estimate of drug-likeness (QED) is 0.150. The van der Waals surface area contributed by atoms with Crippen LogP contribution in [0.4, 0.5) is 0 Å². The smallest absolute Gasteiger partial charge is 0.160 e. The van der Waals surface area contributed by atoms with Gasteiger partial charge in [0, 0.05) is 38.2 Å². The summed E-state index contributed by atoms with van der Waals surface area (Å²) in [6, 6.07) is 89.3. The predicted octanol–water partition coefficient (Wildman–Crippen LogP) is 16.0. The molecule has 1 aliphatic rings. The van der Waals surface area contributed by atoms with Gasteiger partial charge in [0.15, 0.2) is 5.82 Å². The fourth-order valence-electron chi connectivity index (χ4n) is 10.7. The lowest BCUT2D eigenvalue weighted by atomic mass is 9.67. The van der Waals surface area contributed by atoms with Crippen molar-refractivity contribution in [1.29, 1.82) is 0 Å². The zero-order valence-corrected chi connectivity index (χ0v) is 36.5. The second-order valence-electron chi connectivity index (χ2n) is 17.4. The zero-order valence-electron chi connectivity index (χ0n) is 36.5. The van der Waals surface area contributed by atoms with Gasteiger partial charge in [0.05, 0.1) is 27.8 Å². The van der Waals surface area contributed by atoms with E-state index >= 15 is 0 Å². The molecule has 312 valence electrons. The second kappa shape index (κ2) is 15.7. The van der Waals surface area contributed by atoms with Crippen LogP contribution in [-0.2, 0) is 5.41 Å². The fourth-order valence-corrected chi connectivity index (χ4v) is 10.7. The van der Waals surface area contributed by atoms with E-state index in [1.54, 1.807) is 0 Å². The molecule has 13 rings (SSSR count). The normalized spacial score (nSPS) is 12.6. The molecule has 3 nitrogen and oxygen atoms in total. The SMILES string of the molecule is c1ccc(-c2ccc(-c3nc(-c4ccc(-c5cccc(-c6nc7ccccc7c7c8c(ccc67)C(c6ccccc6)(c6ccccc6)c6ccccc6-8)c5)cc4)nc4ccccc34)cc2)cc1. The third kappa shape index (κ3) is 6.24. The summed E-state index contributed by atoms with van der Waals surface area (Å²) in [5, 5.41) is 4.55. The molecule has 10 aromatic carbocycles. The van der Waals surface area contributed by atoms with Crippen molar-refractivity contribution in [3.05, 3.63) is 271 Å². The van der Waals surface area contributed by atoms with Gasteiger partial charge in [0.2, 0.25) is 0 Å². The molecule has 2 heterocycles. The number of aromatic nitrogens is 3. The first kappa shape index (κ1) is 38.6. The summed E-state index contributed by atoms with van der Waals surface area (Å²) in [5.74, 6) is 0.700. The van der Waals surface area contributed by atoms with Crippen LogP contribution in [0.5, 0.6) is 0 Å². The van der Waals surface area contributed by atoms with E-state index in [1.165, 1.54) is 49.9 Å². The molecule has 0 bridgehead atoms. The van der Waals surface area contributed by atoms with Gasteiger partial charge in [0.25, 0.3) is 0 Å². The number of fused-ring (bicyclic) bond motifs is 8. The lowest BCUT2D eigenvalue weighted by Gasteiger charge is -2.34. The second-order valence-corrected chi connectivity index (χ2v) is 17.4. The molecule has 0 saturated carbocycles. The number of benzene rings is 10. The van der Waals surface area contributed by atoms with Gasteiger partial charge < -0.3 is 0 Å². The minimum absolute atomic E-state index is 0.493. The molecule has 0 atom stereocenters. The summed E-state index contributed by atoms with van der Waals surface area (Å²) in [4.78, 5) is 15.7. The van der Waals surface area contributed by atoms with E-state index in [0.29, 0.717) is 5.82 Å². The Balaban J connectivity index is 0.921. The highest BCUT2D eigenvalue weighted by Crippen LogP contribution is 2.58. The van der Waals surface area contributed by atoms with Crippen LogP contribution in [-0.4, -0.2) is 15.0 Å². The Morgan fingerprint density at radius 3 is 1.51 bits per heavy atom. The summed E-state index contributed by atoms with van der Waals surface area (Å²) >= 11 is 0. The Labute approximate surface area is 389 Å². The number of hydrogen-bond acceptors (Lipinski definition) is 3. The van der Waals surface area contributed by atoms with Gasteiger partial charge in [-0.2, -0.15) is 0 Å². The van der Waals surface area contributed by atoms with E-state index in [0.717, 1.165) is 66.4 Å². The summed E-state index contributed by atoms with van der Waals surface area (Å²) in [5.41, 5.74) is 18.6. The molecular weight excluding hydrogens is 811 g/mol. The lowest BCUT2D eigenvalue weighted by molar-refractivity contribution is 0.769. The average Bonchev–Trinajstić information content (AvgIpc) is 3.72.